The number of hydrogen-bond donors (Lipinski definition) is 9. The molecular formula is C41H70O13. The van der Waals surface area contributed by atoms with Gasteiger partial charge in [-0.1, -0.05) is 46.3 Å². The summed E-state index contributed by atoms with van der Waals surface area (Å²) in [6.07, 6.45) is -7.04. The van der Waals surface area contributed by atoms with Crippen molar-refractivity contribution >= 4 is 0 Å². The first-order chi connectivity index (χ1) is 25.1. The highest BCUT2D eigenvalue weighted by Gasteiger charge is 2.74. The summed E-state index contributed by atoms with van der Waals surface area (Å²) in [5, 5.41) is 98.0. The first kappa shape index (κ1) is 42.8. The third-order valence-electron chi connectivity index (χ3n) is 16.2. The summed E-state index contributed by atoms with van der Waals surface area (Å²) in [4.78, 5) is 0. The molecule has 0 aromatic heterocycles. The van der Waals surface area contributed by atoms with Crippen molar-refractivity contribution in [3.05, 3.63) is 11.6 Å². The molecule has 0 unspecified atom stereocenters. The second kappa shape index (κ2) is 15.1. The van der Waals surface area contributed by atoms with E-state index in [1.165, 1.54) is 0 Å². The van der Waals surface area contributed by atoms with E-state index in [-0.39, 0.29) is 35.7 Å². The van der Waals surface area contributed by atoms with E-state index < -0.39 is 102 Å². The Morgan fingerprint density at radius 2 is 1.48 bits per heavy atom. The van der Waals surface area contributed by atoms with Crippen molar-refractivity contribution in [2.24, 2.45) is 45.3 Å². The van der Waals surface area contributed by atoms with E-state index in [2.05, 4.69) is 40.7 Å². The summed E-state index contributed by atoms with van der Waals surface area (Å²) in [7, 11) is 0. The Bertz CT molecular complexity index is 1360. The van der Waals surface area contributed by atoms with Gasteiger partial charge in [0.25, 0.3) is 0 Å². The van der Waals surface area contributed by atoms with Crippen molar-refractivity contribution in [3.8, 4) is 0 Å². The molecule has 13 nitrogen and oxygen atoms in total. The van der Waals surface area contributed by atoms with Gasteiger partial charge < -0.3 is 64.9 Å². The summed E-state index contributed by atoms with van der Waals surface area (Å²) < 4.78 is 25.3. The standard InChI is InChI=1S/C41H70O13/c1-20(2)10-9-13-41(8,54-36-33(50)31(48)30(47)25(18-42)53-36)21-11-15-39(6)28(21)22(43)16-26-38(5)14-12-27(45)37(3,4)34(38)24(17-40(26,39)7)52-35-32(49)29(46)23(44)19-51-35/h10,21-36,42-50H,9,11-19H2,1-8H3/t21-,22+,23-,24-,25+,26+,27-,28-,29-,30+,31-,32+,33+,34-,35-,36-,38+,39+,40+,41-/m0/s1. The van der Waals surface area contributed by atoms with E-state index >= 15 is 0 Å². The van der Waals surface area contributed by atoms with Gasteiger partial charge in [0.1, 0.15) is 42.7 Å². The van der Waals surface area contributed by atoms with Crippen molar-refractivity contribution in [1.29, 1.82) is 0 Å². The van der Waals surface area contributed by atoms with Crippen LogP contribution in [0.3, 0.4) is 0 Å². The van der Waals surface area contributed by atoms with Crippen molar-refractivity contribution in [3.63, 3.8) is 0 Å². The number of fused-ring (bicyclic) bond motifs is 5. The normalized spacial score (nSPS) is 52.8. The number of hydrogen-bond acceptors (Lipinski definition) is 13. The van der Waals surface area contributed by atoms with Gasteiger partial charge in [-0.3, -0.25) is 0 Å². The zero-order chi connectivity index (χ0) is 39.9. The molecule has 0 aromatic carbocycles. The monoisotopic (exact) mass is 770 g/mol. The second-order valence-electron chi connectivity index (χ2n) is 19.8. The lowest BCUT2D eigenvalue weighted by atomic mass is 9.34. The maximum absolute atomic E-state index is 12.5. The van der Waals surface area contributed by atoms with Crippen LogP contribution in [-0.2, 0) is 18.9 Å². The van der Waals surface area contributed by atoms with Gasteiger partial charge in [-0.25, -0.2) is 0 Å². The highest BCUT2D eigenvalue weighted by molar-refractivity contribution is 5.22. The smallest absolute Gasteiger partial charge is 0.187 e. The highest BCUT2D eigenvalue weighted by Crippen LogP contribution is 2.76. The number of ether oxygens (including phenoxy) is 4. The molecule has 2 saturated heterocycles. The minimum absolute atomic E-state index is 0.0459. The van der Waals surface area contributed by atoms with Gasteiger partial charge in [-0.05, 0) is 117 Å². The molecule has 0 aromatic rings. The van der Waals surface area contributed by atoms with Crippen LogP contribution in [0.15, 0.2) is 11.6 Å². The first-order valence-electron chi connectivity index (χ1n) is 20.4. The topological polar surface area (TPSA) is 219 Å². The van der Waals surface area contributed by atoms with Crippen LogP contribution in [0.5, 0.6) is 0 Å². The lowest BCUT2D eigenvalue weighted by molar-refractivity contribution is -0.341. The molecule has 0 amide bonds. The average molecular weight is 771 g/mol. The molecule has 2 heterocycles. The lowest BCUT2D eigenvalue weighted by Crippen LogP contribution is -2.70. The van der Waals surface area contributed by atoms with Crippen molar-refractivity contribution in [2.45, 2.75) is 186 Å². The molecular weight excluding hydrogens is 700 g/mol. The van der Waals surface area contributed by atoms with E-state index in [0.29, 0.717) is 38.5 Å². The minimum Gasteiger partial charge on any atom is -0.394 e. The predicted octanol–water partition coefficient (Wildman–Crippen LogP) is 1.76. The van der Waals surface area contributed by atoms with Crippen LogP contribution in [0.1, 0.15) is 107 Å². The highest BCUT2D eigenvalue weighted by atomic mass is 16.7. The van der Waals surface area contributed by atoms with Crippen molar-refractivity contribution in [1.82, 2.24) is 0 Å². The van der Waals surface area contributed by atoms with E-state index in [4.69, 9.17) is 18.9 Å². The van der Waals surface area contributed by atoms with Gasteiger partial charge >= 0.3 is 0 Å². The van der Waals surface area contributed by atoms with Gasteiger partial charge in [0.15, 0.2) is 12.6 Å². The quantitative estimate of drug-likeness (QED) is 0.121. The molecule has 4 aliphatic carbocycles. The van der Waals surface area contributed by atoms with Gasteiger partial charge in [0.2, 0.25) is 0 Å². The predicted molar refractivity (Wildman–Crippen MR) is 196 cm³/mol. The fourth-order valence-electron chi connectivity index (χ4n) is 13.2. The van der Waals surface area contributed by atoms with Crippen LogP contribution in [0, 0.1) is 45.3 Å². The number of aliphatic hydroxyl groups is 9. The van der Waals surface area contributed by atoms with Crippen LogP contribution < -0.4 is 0 Å². The molecule has 13 heteroatoms. The van der Waals surface area contributed by atoms with Gasteiger partial charge in [-0.15, -0.1) is 0 Å². The summed E-state index contributed by atoms with van der Waals surface area (Å²) >= 11 is 0. The largest absolute Gasteiger partial charge is 0.394 e. The molecule has 20 atom stereocenters. The Morgan fingerprint density at radius 3 is 2.13 bits per heavy atom. The van der Waals surface area contributed by atoms with Crippen LogP contribution in [-0.4, -0.2) is 138 Å². The van der Waals surface area contributed by atoms with Crippen LogP contribution >= 0.6 is 0 Å². The fraction of sp³-hybridized carbons (Fsp3) is 0.951. The molecule has 6 fully saturated rings. The van der Waals surface area contributed by atoms with Gasteiger partial charge in [-0.2, -0.15) is 0 Å². The van der Waals surface area contributed by atoms with Gasteiger partial charge in [0, 0.05) is 0 Å². The molecule has 312 valence electrons. The molecule has 9 N–H and O–H groups in total. The zero-order valence-corrected chi connectivity index (χ0v) is 33.5. The number of rotatable bonds is 9. The Hall–Kier alpha value is -0.780. The second-order valence-corrected chi connectivity index (χ2v) is 19.8. The summed E-state index contributed by atoms with van der Waals surface area (Å²) in [5.74, 6) is -0.593. The Labute approximate surface area is 320 Å². The maximum atomic E-state index is 12.5. The lowest BCUT2D eigenvalue weighted by Gasteiger charge is -2.72. The molecule has 6 rings (SSSR count). The van der Waals surface area contributed by atoms with Crippen LogP contribution in [0.2, 0.25) is 0 Å². The zero-order valence-electron chi connectivity index (χ0n) is 33.5. The average Bonchev–Trinajstić information content (AvgIpc) is 3.48. The fourth-order valence-corrected chi connectivity index (χ4v) is 13.2. The van der Waals surface area contributed by atoms with Crippen LogP contribution in [0.25, 0.3) is 0 Å². The Kier molecular flexibility index (Phi) is 12.0. The Balaban J connectivity index is 1.38. The number of allylic oxidation sites excluding steroid dienone is 2. The first-order valence-corrected chi connectivity index (χ1v) is 20.4. The third-order valence-corrected chi connectivity index (χ3v) is 16.2. The van der Waals surface area contributed by atoms with E-state index in [9.17, 15) is 46.0 Å². The summed E-state index contributed by atoms with van der Waals surface area (Å²) in [6.45, 7) is 16.3. The minimum atomic E-state index is -1.58. The van der Waals surface area contributed by atoms with E-state index in [1.807, 2.05) is 20.8 Å². The van der Waals surface area contributed by atoms with Gasteiger partial charge in [0.05, 0.1) is 37.1 Å². The molecule has 54 heavy (non-hydrogen) atoms. The van der Waals surface area contributed by atoms with E-state index in [1.54, 1.807) is 0 Å². The number of aliphatic hydroxyl groups excluding tert-OH is 9. The van der Waals surface area contributed by atoms with Crippen molar-refractivity contribution in [2.75, 3.05) is 13.2 Å². The van der Waals surface area contributed by atoms with Crippen molar-refractivity contribution < 1.29 is 64.9 Å². The molecule has 0 bridgehead atoms. The molecule has 4 saturated carbocycles. The summed E-state index contributed by atoms with van der Waals surface area (Å²) in [6, 6.07) is 0. The third kappa shape index (κ3) is 6.76. The molecule has 0 spiro atoms. The van der Waals surface area contributed by atoms with Crippen LogP contribution in [0.4, 0.5) is 0 Å². The summed E-state index contributed by atoms with van der Waals surface area (Å²) in [5.41, 5.74) is -1.65. The SMILES string of the molecule is CC(C)=CCC[C@](C)(O[C@@H]1O[C@H](CO)[C@@H](O)[C@H](O)[C@H]1O)[C@H]1CC[C@]2(C)[C@@H]1[C@H](O)C[C@@H]1[C@@]3(C)CC[C@H](O)C(C)(C)[C@@H]3[C@@H](O[C@@H]3OC[C@H](O)[C@H](O)[C@H]3O)C[C@]12C. The van der Waals surface area contributed by atoms with E-state index in [0.717, 1.165) is 18.4 Å². The molecule has 0 radical (unpaired) electrons. The molecule has 6 aliphatic rings. The molecule has 2 aliphatic heterocycles. The Morgan fingerprint density at radius 1 is 0.815 bits per heavy atom. The maximum Gasteiger partial charge on any atom is 0.187 e.